The summed E-state index contributed by atoms with van der Waals surface area (Å²) in [5, 5.41) is 0. The molecule has 2 aromatic carbocycles. The molecule has 0 radical (unpaired) electrons. The molecule has 4 rings (SSSR count). The average Bonchev–Trinajstić information content (AvgIpc) is 2.99. The van der Waals surface area contributed by atoms with Crippen molar-refractivity contribution in [1.29, 1.82) is 0 Å². The number of carbonyl (C=O) groups excluding carboxylic acids is 1. The van der Waals surface area contributed by atoms with Crippen LogP contribution in [-0.2, 0) is 22.6 Å². The van der Waals surface area contributed by atoms with Gasteiger partial charge in [-0.3, -0.25) is 0 Å². The van der Waals surface area contributed by atoms with Crippen molar-refractivity contribution in [3.8, 4) is 5.75 Å². The van der Waals surface area contributed by atoms with Crippen molar-refractivity contribution < 1.29 is 35.8 Å². The minimum absolute atomic E-state index is 0. The Morgan fingerprint density at radius 2 is 2.07 bits per heavy atom. The summed E-state index contributed by atoms with van der Waals surface area (Å²) in [5.74, 6) is 0.896. The number of halogens is 2. The molecule has 0 aromatic heterocycles. The third-order valence-electron chi connectivity index (χ3n) is 5.58. The second kappa shape index (κ2) is 8.71. The van der Waals surface area contributed by atoms with Gasteiger partial charge < -0.3 is 26.6 Å². The second-order valence-corrected chi connectivity index (χ2v) is 7.19. The van der Waals surface area contributed by atoms with E-state index in [0.717, 1.165) is 29.3 Å². The molecule has 1 atom stereocenters. The van der Waals surface area contributed by atoms with Crippen molar-refractivity contribution in [2.24, 2.45) is 4.99 Å². The van der Waals surface area contributed by atoms with Gasteiger partial charge in [0.05, 0.1) is 30.9 Å². The van der Waals surface area contributed by atoms with Gasteiger partial charge in [-0.2, -0.15) is 4.99 Å². The number of amidine groups is 1. The lowest BCUT2D eigenvalue weighted by atomic mass is 10.0. The Labute approximate surface area is 181 Å². The Morgan fingerprint density at radius 1 is 1.27 bits per heavy atom. The second-order valence-electron chi connectivity index (χ2n) is 7.19. The van der Waals surface area contributed by atoms with Crippen LogP contribution in [-0.4, -0.2) is 31.7 Å². The molecule has 8 heteroatoms. The van der Waals surface area contributed by atoms with Gasteiger partial charge in [0.25, 0.3) is 0 Å². The predicted molar refractivity (Wildman–Crippen MR) is 108 cm³/mol. The van der Waals surface area contributed by atoms with E-state index in [9.17, 15) is 9.18 Å². The number of quaternary nitrogens is 1. The van der Waals surface area contributed by atoms with Crippen LogP contribution in [0.25, 0.3) is 0 Å². The molecule has 2 aliphatic rings. The number of ether oxygens (including phenoxy) is 3. The SMILES string of the molecule is CCOC(=O)c1ccc2c(c1)N=C(C)[N+]2(CC)Cc1cc(F)cc2c1OCOC2.[Cl-]. The summed E-state index contributed by atoms with van der Waals surface area (Å²) in [7, 11) is 0. The molecule has 0 bridgehead atoms. The molecule has 0 amide bonds. The third kappa shape index (κ3) is 3.69. The summed E-state index contributed by atoms with van der Waals surface area (Å²) in [6.45, 7) is 7.84. The number of hydrogen-bond acceptors (Lipinski definition) is 5. The molecule has 0 aliphatic carbocycles. The fraction of sp³-hybridized carbons (Fsp3) is 0.364. The standard InChI is InChI=1S/C22H24FN2O4.ClH/c1-4-25(11-16-8-18(23)9-17-12-27-13-29-21(16)17)14(3)24-19-10-15(6-7-20(19)25)22(26)28-5-2;/h6-10H,4-5,11-13H2,1-3H3;1H/q+1;/p-1. The maximum Gasteiger partial charge on any atom is 0.338 e. The largest absolute Gasteiger partial charge is 1.00 e. The van der Waals surface area contributed by atoms with E-state index in [2.05, 4.69) is 6.92 Å². The van der Waals surface area contributed by atoms with Crippen LogP contribution in [0.2, 0.25) is 0 Å². The average molecular weight is 435 g/mol. The van der Waals surface area contributed by atoms with E-state index in [-0.39, 0.29) is 31.0 Å². The molecule has 0 saturated carbocycles. The summed E-state index contributed by atoms with van der Waals surface area (Å²) in [4.78, 5) is 16.8. The number of nitrogens with zero attached hydrogens (tertiary/aromatic N) is 2. The van der Waals surface area contributed by atoms with E-state index < -0.39 is 0 Å². The molecule has 0 spiro atoms. The van der Waals surface area contributed by atoms with Crippen molar-refractivity contribution in [3.63, 3.8) is 0 Å². The van der Waals surface area contributed by atoms with Crippen molar-refractivity contribution in [1.82, 2.24) is 4.48 Å². The molecular weight excluding hydrogens is 411 g/mol. The lowest BCUT2D eigenvalue weighted by molar-refractivity contribution is -0.0175. The van der Waals surface area contributed by atoms with Crippen LogP contribution in [0, 0.1) is 5.82 Å². The van der Waals surface area contributed by atoms with E-state index in [0.29, 0.717) is 41.1 Å². The van der Waals surface area contributed by atoms with Crippen LogP contribution in [0.15, 0.2) is 35.3 Å². The molecule has 0 saturated heterocycles. The molecule has 2 aromatic rings. The highest BCUT2D eigenvalue weighted by molar-refractivity contribution is 6.02. The topological polar surface area (TPSA) is 57.1 Å². The van der Waals surface area contributed by atoms with Crippen LogP contribution in [0.5, 0.6) is 5.75 Å². The summed E-state index contributed by atoms with van der Waals surface area (Å²) >= 11 is 0. The lowest BCUT2D eigenvalue weighted by Gasteiger charge is -2.34. The first kappa shape index (κ1) is 22.2. The number of aliphatic imine (C=N–C) groups is 1. The van der Waals surface area contributed by atoms with E-state index in [1.807, 2.05) is 13.0 Å². The van der Waals surface area contributed by atoms with E-state index in [1.165, 1.54) is 12.1 Å². The highest BCUT2D eigenvalue weighted by Gasteiger charge is 2.41. The molecular formula is C22H24ClFN2O4. The molecule has 2 heterocycles. The van der Waals surface area contributed by atoms with Gasteiger partial charge in [0.1, 0.15) is 23.8 Å². The van der Waals surface area contributed by atoms with Crippen LogP contribution in [0.1, 0.15) is 42.3 Å². The zero-order chi connectivity index (χ0) is 20.6. The molecule has 160 valence electrons. The van der Waals surface area contributed by atoms with Gasteiger partial charge in [-0.15, -0.1) is 0 Å². The first-order valence-corrected chi connectivity index (χ1v) is 9.75. The van der Waals surface area contributed by atoms with Gasteiger partial charge in [0, 0.05) is 18.6 Å². The molecule has 0 N–H and O–H groups in total. The maximum absolute atomic E-state index is 14.3. The number of hydrogen-bond donors (Lipinski definition) is 0. The van der Waals surface area contributed by atoms with Crippen LogP contribution < -0.4 is 21.6 Å². The van der Waals surface area contributed by atoms with Gasteiger partial charge in [0.15, 0.2) is 12.5 Å². The summed E-state index contributed by atoms with van der Waals surface area (Å²) < 4.78 is 30.8. The number of carbonyl (C=O) groups is 1. The van der Waals surface area contributed by atoms with Crippen LogP contribution in [0.4, 0.5) is 15.8 Å². The number of fused-ring (bicyclic) bond motifs is 2. The minimum Gasteiger partial charge on any atom is -1.00 e. The summed E-state index contributed by atoms with van der Waals surface area (Å²) in [6.07, 6.45) is 0. The fourth-order valence-corrected chi connectivity index (χ4v) is 4.14. The van der Waals surface area contributed by atoms with E-state index >= 15 is 0 Å². The van der Waals surface area contributed by atoms with Crippen molar-refractivity contribution in [2.75, 3.05) is 19.9 Å². The van der Waals surface area contributed by atoms with E-state index in [4.69, 9.17) is 19.2 Å². The highest BCUT2D eigenvalue weighted by atomic mass is 35.5. The number of esters is 1. The van der Waals surface area contributed by atoms with Gasteiger partial charge in [-0.1, -0.05) is 0 Å². The normalized spacial score (nSPS) is 19.1. The zero-order valence-electron chi connectivity index (χ0n) is 17.2. The summed E-state index contributed by atoms with van der Waals surface area (Å²) in [6, 6.07) is 8.43. The van der Waals surface area contributed by atoms with Gasteiger partial charge in [-0.25, -0.2) is 13.7 Å². The molecule has 6 nitrogen and oxygen atoms in total. The first-order chi connectivity index (χ1) is 14.0. The molecule has 30 heavy (non-hydrogen) atoms. The smallest absolute Gasteiger partial charge is 0.338 e. The Bertz CT molecular complexity index is 1010. The van der Waals surface area contributed by atoms with Gasteiger partial charge in [0.2, 0.25) is 5.84 Å². The zero-order valence-corrected chi connectivity index (χ0v) is 18.0. The Kier molecular flexibility index (Phi) is 6.45. The predicted octanol–water partition coefficient (Wildman–Crippen LogP) is 1.46. The molecule has 0 fully saturated rings. The number of benzene rings is 2. The minimum atomic E-state index is -0.364. The molecule has 2 aliphatic heterocycles. The van der Waals surface area contributed by atoms with Gasteiger partial charge in [-0.05, 0) is 38.1 Å². The third-order valence-corrected chi connectivity index (χ3v) is 5.58. The number of rotatable bonds is 5. The van der Waals surface area contributed by atoms with Crippen molar-refractivity contribution >= 4 is 23.2 Å². The van der Waals surface area contributed by atoms with Crippen molar-refractivity contribution in [3.05, 3.63) is 52.8 Å². The van der Waals surface area contributed by atoms with E-state index in [1.54, 1.807) is 19.1 Å². The fourth-order valence-electron chi connectivity index (χ4n) is 4.14. The van der Waals surface area contributed by atoms with Crippen molar-refractivity contribution in [2.45, 2.75) is 33.9 Å². The maximum atomic E-state index is 14.3. The monoisotopic (exact) mass is 434 g/mol. The molecule has 1 unspecified atom stereocenters. The van der Waals surface area contributed by atoms with Crippen LogP contribution in [0.3, 0.4) is 0 Å². The van der Waals surface area contributed by atoms with Gasteiger partial charge >= 0.3 is 5.97 Å². The Hall–Kier alpha value is -2.48. The Morgan fingerprint density at radius 3 is 2.80 bits per heavy atom. The Balaban J connectivity index is 0.00000256. The summed E-state index contributed by atoms with van der Waals surface area (Å²) in [5.41, 5.74) is 3.68. The quantitative estimate of drug-likeness (QED) is 0.528. The first-order valence-electron chi connectivity index (χ1n) is 9.75. The highest BCUT2D eigenvalue weighted by Crippen LogP contribution is 2.44. The van der Waals surface area contributed by atoms with Crippen LogP contribution >= 0.6 is 0 Å². The lowest BCUT2D eigenvalue weighted by Crippen LogP contribution is -3.00.